The molecule has 218 valence electrons. The van der Waals surface area contributed by atoms with Crippen molar-refractivity contribution in [2.45, 2.75) is 38.5 Å². The van der Waals surface area contributed by atoms with Gasteiger partial charge in [0, 0.05) is 48.0 Å². The molecular formula is C42H33NOS. The van der Waals surface area contributed by atoms with Crippen LogP contribution in [0.15, 0.2) is 132 Å². The molecule has 0 N–H and O–H groups in total. The zero-order valence-corrected chi connectivity index (χ0v) is 26.7. The third-order valence-corrected chi connectivity index (χ3v) is 11.8. The molecule has 9 rings (SSSR count). The van der Waals surface area contributed by atoms with Crippen molar-refractivity contribution in [3.8, 4) is 11.1 Å². The molecule has 0 spiro atoms. The summed E-state index contributed by atoms with van der Waals surface area (Å²) in [6.07, 6.45) is 0. The van der Waals surface area contributed by atoms with Gasteiger partial charge >= 0.3 is 0 Å². The van der Waals surface area contributed by atoms with E-state index in [0.29, 0.717) is 0 Å². The number of anilines is 3. The number of hydrogen-bond donors (Lipinski definition) is 0. The third kappa shape index (κ3) is 3.68. The summed E-state index contributed by atoms with van der Waals surface area (Å²) in [5.41, 5.74) is 10.4. The molecule has 8 aromatic rings. The van der Waals surface area contributed by atoms with E-state index in [2.05, 4.69) is 160 Å². The number of para-hydroxylation sites is 2. The third-order valence-electron chi connectivity index (χ3n) is 10.6. The summed E-state index contributed by atoms with van der Waals surface area (Å²) >= 11 is 1.86. The second-order valence-corrected chi connectivity index (χ2v) is 14.5. The first-order valence-electron chi connectivity index (χ1n) is 15.7. The van der Waals surface area contributed by atoms with E-state index in [0.717, 1.165) is 28.2 Å². The van der Waals surface area contributed by atoms with Gasteiger partial charge in [0.25, 0.3) is 0 Å². The minimum absolute atomic E-state index is 0.118. The first-order valence-corrected chi connectivity index (χ1v) is 16.5. The lowest BCUT2D eigenvalue weighted by Crippen LogP contribution is -2.43. The Morgan fingerprint density at radius 1 is 0.511 bits per heavy atom. The fourth-order valence-corrected chi connectivity index (χ4v) is 8.66. The summed E-state index contributed by atoms with van der Waals surface area (Å²) in [6, 6.07) is 46.5. The molecule has 3 heteroatoms. The largest absolute Gasteiger partial charge is 0.456 e. The van der Waals surface area contributed by atoms with E-state index in [-0.39, 0.29) is 10.8 Å². The maximum atomic E-state index is 6.38. The molecule has 2 aromatic heterocycles. The zero-order chi connectivity index (χ0) is 30.5. The average molecular weight is 600 g/mol. The van der Waals surface area contributed by atoms with E-state index < -0.39 is 0 Å². The predicted octanol–water partition coefficient (Wildman–Crippen LogP) is 12.7. The highest BCUT2D eigenvalue weighted by Gasteiger charge is 2.47. The molecule has 0 saturated heterocycles. The van der Waals surface area contributed by atoms with Crippen molar-refractivity contribution >= 4 is 70.5 Å². The molecule has 45 heavy (non-hydrogen) atoms. The second kappa shape index (κ2) is 9.32. The van der Waals surface area contributed by atoms with Crippen LogP contribution in [0.4, 0.5) is 17.1 Å². The molecule has 0 unspecified atom stereocenters. The van der Waals surface area contributed by atoms with Crippen LogP contribution in [0.25, 0.3) is 53.2 Å². The van der Waals surface area contributed by atoms with E-state index in [4.69, 9.17) is 4.42 Å². The molecule has 2 heterocycles. The van der Waals surface area contributed by atoms with Crippen LogP contribution in [0, 0.1) is 0 Å². The van der Waals surface area contributed by atoms with Gasteiger partial charge < -0.3 is 9.32 Å². The van der Waals surface area contributed by atoms with Gasteiger partial charge in [-0.15, -0.1) is 11.3 Å². The normalized spacial score (nSPS) is 15.0. The Kier molecular flexibility index (Phi) is 5.50. The van der Waals surface area contributed by atoms with E-state index in [9.17, 15) is 0 Å². The van der Waals surface area contributed by atoms with Crippen molar-refractivity contribution in [2.24, 2.45) is 0 Å². The minimum atomic E-state index is -0.131. The van der Waals surface area contributed by atoms with Crippen LogP contribution in [0.2, 0.25) is 0 Å². The van der Waals surface area contributed by atoms with Crippen LogP contribution in [0.3, 0.4) is 0 Å². The fourth-order valence-electron chi connectivity index (χ4n) is 7.57. The lowest BCUT2D eigenvalue weighted by molar-refractivity contribution is 0.299. The molecule has 2 nitrogen and oxygen atoms in total. The molecule has 0 amide bonds. The molecule has 0 atom stereocenters. The highest BCUT2D eigenvalue weighted by Crippen LogP contribution is 2.57. The van der Waals surface area contributed by atoms with Crippen molar-refractivity contribution in [1.82, 2.24) is 0 Å². The lowest BCUT2D eigenvalue weighted by atomic mass is 9.55. The van der Waals surface area contributed by atoms with Crippen LogP contribution >= 0.6 is 11.3 Å². The Morgan fingerprint density at radius 2 is 1.18 bits per heavy atom. The first-order chi connectivity index (χ1) is 21.8. The van der Waals surface area contributed by atoms with Gasteiger partial charge in [-0.1, -0.05) is 94.4 Å². The van der Waals surface area contributed by atoms with E-state index in [1.165, 1.54) is 53.2 Å². The smallest absolute Gasteiger partial charge is 0.136 e. The summed E-state index contributed by atoms with van der Waals surface area (Å²) in [6.45, 7) is 9.62. The number of nitrogens with zero attached hydrogens (tertiary/aromatic N) is 1. The van der Waals surface area contributed by atoms with E-state index in [1.54, 1.807) is 0 Å². The Morgan fingerprint density at radius 3 is 2.02 bits per heavy atom. The van der Waals surface area contributed by atoms with Crippen molar-refractivity contribution < 1.29 is 4.42 Å². The topological polar surface area (TPSA) is 16.4 Å². The van der Waals surface area contributed by atoms with Crippen molar-refractivity contribution in [3.05, 3.63) is 139 Å². The maximum Gasteiger partial charge on any atom is 0.136 e. The molecule has 6 aromatic carbocycles. The Balaban J connectivity index is 1.31. The van der Waals surface area contributed by atoms with Gasteiger partial charge in [0.2, 0.25) is 0 Å². The van der Waals surface area contributed by atoms with E-state index >= 15 is 0 Å². The number of furan rings is 1. The molecule has 1 aliphatic carbocycles. The summed E-state index contributed by atoms with van der Waals surface area (Å²) in [7, 11) is 0. The standard InChI is InChI=1S/C42H33NOS/c1-41(2)33-21-22-36-40(31-15-8-10-16-35(31)44-36)39(33)30-20-18-28(25-34(30)42(41,3)4)43(26-12-6-5-7-13-26)27-19-23-38-32(24-27)29-14-9-11-17-37(29)45-38/h5-25H,1-4H3. The molecule has 0 saturated carbocycles. The van der Waals surface area contributed by atoms with Gasteiger partial charge in [0.05, 0.1) is 0 Å². The molecule has 0 fully saturated rings. The molecule has 0 radical (unpaired) electrons. The molecule has 1 aliphatic rings. The number of benzene rings is 6. The highest BCUT2D eigenvalue weighted by atomic mass is 32.1. The summed E-state index contributed by atoms with van der Waals surface area (Å²) < 4.78 is 9.02. The monoisotopic (exact) mass is 599 g/mol. The van der Waals surface area contributed by atoms with E-state index in [1.807, 2.05) is 11.3 Å². The number of thiophene rings is 1. The number of hydrogen-bond acceptors (Lipinski definition) is 3. The van der Waals surface area contributed by atoms with Crippen molar-refractivity contribution in [2.75, 3.05) is 4.90 Å². The maximum absolute atomic E-state index is 6.38. The minimum Gasteiger partial charge on any atom is -0.456 e. The zero-order valence-electron chi connectivity index (χ0n) is 25.9. The van der Waals surface area contributed by atoms with Gasteiger partial charge in [0.15, 0.2) is 0 Å². The SMILES string of the molecule is CC1(C)c2cc(N(c3ccccc3)c3ccc4sc5ccccc5c4c3)ccc2-c2c(ccc3oc4ccccc4c23)C1(C)C. The van der Waals surface area contributed by atoms with Gasteiger partial charge in [0.1, 0.15) is 11.2 Å². The predicted molar refractivity (Wildman–Crippen MR) is 193 cm³/mol. The van der Waals surface area contributed by atoms with Crippen LogP contribution in [0.5, 0.6) is 0 Å². The summed E-state index contributed by atoms with van der Waals surface area (Å²) in [5, 5.41) is 5.01. The van der Waals surface area contributed by atoms with Gasteiger partial charge in [-0.25, -0.2) is 0 Å². The van der Waals surface area contributed by atoms with Crippen molar-refractivity contribution in [1.29, 1.82) is 0 Å². The van der Waals surface area contributed by atoms with Crippen LogP contribution in [0.1, 0.15) is 38.8 Å². The summed E-state index contributed by atoms with van der Waals surface area (Å²) in [4.78, 5) is 2.42. The average Bonchev–Trinajstić information content (AvgIpc) is 3.63. The van der Waals surface area contributed by atoms with Crippen LogP contribution in [-0.4, -0.2) is 0 Å². The number of fused-ring (bicyclic) bond motifs is 10. The van der Waals surface area contributed by atoms with Crippen LogP contribution in [-0.2, 0) is 10.8 Å². The Labute approximate surface area is 267 Å². The Hall–Kier alpha value is -4.86. The summed E-state index contributed by atoms with van der Waals surface area (Å²) in [5.74, 6) is 0. The number of rotatable bonds is 3. The molecule has 0 aliphatic heterocycles. The van der Waals surface area contributed by atoms with Crippen LogP contribution < -0.4 is 4.90 Å². The van der Waals surface area contributed by atoms with Gasteiger partial charge in [-0.2, -0.15) is 0 Å². The highest BCUT2D eigenvalue weighted by molar-refractivity contribution is 7.25. The lowest BCUT2D eigenvalue weighted by Gasteiger charge is -2.48. The van der Waals surface area contributed by atoms with Crippen molar-refractivity contribution in [3.63, 3.8) is 0 Å². The van der Waals surface area contributed by atoms with Gasteiger partial charge in [-0.05, 0) is 93.7 Å². The first kappa shape index (κ1) is 26.5. The Bertz CT molecular complexity index is 2440. The van der Waals surface area contributed by atoms with Gasteiger partial charge in [-0.3, -0.25) is 0 Å². The molecule has 0 bridgehead atoms. The second-order valence-electron chi connectivity index (χ2n) is 13.4. The molecular weight excluding hydrogens is 567 g/mol. The quantitative estimate of drug-likeness (QED) is 0.201. The fraction of sp³-hybridized carbons (Fsp3) is 0.143.